The topological polar surface area (TPSA) is 39.1 Å². The first-order chi connectivity index (χ1) is 9.20. The smallest absolute Gasteiger partial charge is 0.160 e. The van der Waals surface area contributed by atoms with E-state index in [2.05, 4.69) is 28.9 Å². The number of nitrogens with zero attached hydrogens (tertiary/aromatic N) is 2. The van der Waals surface area contributed by atoms with Crippen molar-refractivity contribution in [3.8, 4) is 5.75 Å². The number of rotatable bonds is 6. The molecule has 4 heteroatoms. The molecular weight excluding hydrogens is 238 g/mol. The van der Waals surface area contributed by atoms with Gasteiger partial charge in [0.15, 0.2) is 5.75 Å². The van der Waals surface area contributed by atoms with Gasteiger partial charge in [-0.25, -0.2) is 0 Å². The minimum atomic E-state index is 0.400. The zero-order valence-electron chi connectivity index (χ0n) is 12.2. The van der Waals surface area contributed by atoms with Crippen molar-refractivity contribution in [2.75, 3.05) is 13.7 Å². The summed E-state index contributed by atoms with van der Waals surface area (Å²) in [7, 11) is 1.75. The lowest BCUT2D eigenvalue weighted by Gasteiger charge is -2.38. The molecule has 3 rings (SSSR count). The summed E-state index contributed by atoms with van der Waals surface area (Å²) in [5.41, 5.74) is 1.31. The van der Waals surface area contributed by atoms with Crippen LogP contribution in [0.5, 0.6) is 5.75 Å². The van der Waals surface area contributed by atoms with Crippen LogP contribution in [0.2, 0.25) is 0 Å². The van der Waals surface area contributed by atoms with Crippen molar-refractivity contribution in [1.29, 1.82) is 0 Å². The molecule has 0 aromatic carbocycles. The maximum absolute atomic E-state index is 5.52. The van der Waals surface area contributed by atoms with E-state index >= 15 is 0 Å². The second-order valence-electron chi connectivity index (χ2n) is 6.26. The molecule has 2 saturated carbocycles. The summed E-state index contributed by atoms with van der Waals surface area (Å²) in [6.45, 7) is 5.53. The fourth-order valence-electron chi connectivity index (χ4n) is 3.06. The Hall–Kier alpha value is -1.03. The first kappa shape index (κ1) is 13.0. The van der Waals surface area contributed by atoms with Crippen LogP contribution in [-0.2, 0) is 0 Å². The van der Waals surface area contributed by atoms with Crippen LogP contribution in [0.3, 0.4) is 0 Å². The normalized spacial score (nSPS) is 26.5. The van der Waals surface area contributed by atoms with Gasteiger partial charge in [-0.3, -0.25) is 4.68 Å². The number of nitrogens with one attached hydrogen (secondary N) is 1. The van der Waals surface area contributed by atoms with Crippen LogP contribution in [0, 0.1) is 5.92 Å². The van der Waals surface area contributed by atoms with E-state index in [1.54, 1.807) is 7.11 Å². The standard InChI is InChI=1S/C15H25N3O/c1-10(2)18-15(14(19-3)9-17-18)13-7-4-11(13)8-16-12-5-6-12/h9-13,16H,4-8H2,1-3H3. The Morgan fingerprint density at radius 1 is 1.37 bits per heavy atom. The molecule has 2 aliphatic carbocycles. The second kappa shape index (κ2) is 5.16. The van der Waals surface area contributed by atoms with Gasteiger partial charge in [0.2, 0.25) is 0 Å². The molecule has 2 aliphatic rings. The molecule has 2 atom stereocenters. The molecule has 0 spiro atoms. The molecule has 1 heterocycles. The summed E-state index contributed by atoms with van der Waals surface area (Å²) in [5, 5.41) is 8.17. The average molecular weight is 263 g/mol. The van der Waals surface area contributed by atoms with Gasteiger partial charge in [-0.2, -0.15) is 5.10 Å². The first-order valence-corrected chi connectivity index (χ1v) is 7.55. The molecule has 2 unspecified atom stereocenters. The second-order valence-corrected chi connectivity index (χ2v) is 6.26. The zero-order valence-corrected chi connectivity index (χ0v) is 12.2. The molecular formula is C15H25N3O. The van der Waals surface area contributed by atoms with Crippen LogP contribution < -0.4 is 10.1 Å². The van der Waals surface area contributed by atoms with E-state index in [0.29, 0.717) is 12.0 Å². The third-order valence-electron chi connectivity index (χ3n) is 4.52. The SMILES string of the molecule is COc1cnn(C(C)C)c1C1CCC1CNC1CC1. The summed E-state index contributed by atoms with van der Waals surface area (Å²) < 4.78 is 7.66. The van der Waals surface area contributed by atoms with Crippen molar-refractivity contribution in [3.05, 3.63) is 11.9 Å². The van der Waals surface area contributed by atoms with Crippen molar-refractivity contribution in [3.63, 3.8) is 0 Å². The molecule has 0 saturated heterocycles. The van der Waals surface area contributed by atoms with Crippen LogP contribution in [0.15, 0.2) is 6.20 Å². The van der Waals surface area contributed by atoms with Crippen LogP contribution >= 0.6 is 0 Å². The van der Waals surface area contributed by atoms with E-state index in [4.69, 9.17) is 4.74 Å². The van der Waals surface area contributed by atoms with E-state index in [1.807, 2.05) is 6.20 Å². The minimum absolute atomic E-state index is 0.400. The van der Waals surface area contributed by atoms with Crippen molar-refractivity contribution in [2.45, 2.75) is 57.5 Å². The van der Waals surface area contributed by atoms with Gasteiger partial charge in [-0.1, -0.05) is 0 Å². The predicted octanol–water partition coefficient (Wildman–Crippen LogP) is 2.72. The lowest BCUT2D eigenvalue weighted by atomic mass is 9.71. The van der Waals surface area contributed by atoms with Gasteiger partial charge in [0.25, 0.3) is 0 Å². The van der Waals surface area contributed by atoms with Gasteiger partial charge < -0.3 is 10.1 Å². The zero-order chi connectivity index (χ0) is 13.4. The molecule has 19 heavy (non-hydrogen) atoms. The predicted molar refractivity (Wildman–Crippen MR) is 75.7 cm³/mol. The minimum Gasteiger partial charge on any atom is -0.493 e. The Labute approximate surface area is 115 Å². The van der Waals surface area contributed by atoms with E-state index in [-0.39, 0.29) is 0 Å². The Balaban J connectivity index is 1.74. The van der Waals surface area contributed by atoms with Gasteiger partial charge in [0, 0.05) is 18.0 Å². The number of hydrogen-bond acceptors (Lipinski definition) is 3. The molecule has 1 aromatic heterocycles. The Kier molecular flexibility index (Phi) is 3.52. The van der Waals surface area contributed by atoms with Crippen molar-refractivity contribution < 1.29 is 4.74 Å². The highest BCUT2D eigenvalue weighted by atomic mass is 16.5. The Morgan fingerprint density at radius 2 is 2.16 bits per heavy atom. The number of ether oxygens (including phenoxy) is 1. The third kappa shape index (κ3) is 2.50. The monoisotopic (exact) mass is 263 g/mol. The van der Waals surface area contributed by atoms with E-state index in [9.17, 15) is 0 Å². The van der Waals surface area contributed by atoms with Gasteiger partial charge in [-0.15, -0.1) is 0 Å². The molecule has 1 aromatic rings. The van der Waals surface area contributed by atoms with Gasteiger partial charge in [0.1, 0.15) is 0 Å². The fourth-order valence-corrected chi connectivity index (χ4v) is 3.06. The highest BCUT2D eigenvalue weighted by Crippen LogP contribution is 2.46. The van der Waals surface area contributed by atoms with Crippen molar-refractivity contribution in [2.24, 2.45) is 5.92 Å². The lowest BCUT2D eigenvalue weighted by molar-refractivity contribution is 0.224. The maximum atomic E-state index is 5.52. The molecule has 2 fully saturated rings. The van der Waals surface area contributed by atoms with E-state index in [1.165, 1.54) is 31.4 Å². The summed E-state index contributed by atoms with van der Waals surface area (Å²) in [6.07, 6.45) is 7.21. The largest absolute Gasteiger partial charge is 0.493 e. The quantitative estimate of drug-likeness (QED) is 0.857. The van der Waals surface area contributed by atoms with Crippen molar-refractivity contribution in [1.82, 2.24) is 15.1 Å². The van der Waals surface area contributed by atoms with Crippen LogP contribution in [0.25, 0.3) is 0 Å². The molecule has 4 nitrogen and oxygen atoms in total. The van der Waals surface area contributed by atoms with Crippen LogP contribution in [-0.4, -0.2) is 29.5 Å². The Morgan fingerprint density at radius 3 is 2.68 bits per heavy atom. The number of methoxy groups -OCH3 is 1. The molecule has 0 amide bonds. The van der Waals surface area contributed by atoms with Crippen LogP contribution in [0.4, 0.5) is 0 Å². The highest BCUT2D eigenvalue weighted by molar-refractivity contribution is 5.31. The summed E-state index contributed by atoms with van der Waals surface area (Å²) >= 11 is 0. The average Bonchev–Trinajstić information content (AvgIpc) is 3.07. The highest BCUT2D eigenvalue weighted by Gasteiger charge is 2.37. The number of aromatic nitrogens is 2. The van der Waals surface area contributed by atoms with E-state index < -0.39 is 0 Å². The summed E-state index contributed by atoms with van der Waals surface area (Å²) in [6, 6.07) is 1.20. The van der Waals surface area contributed by atoms with Gasteiger partial charge in [-0.05, 0) is 52.0 Å². The molecule has 0 aliphatic heterocycles. The molecule has 0 radical (unpaired) electrons. The Bertz CT molecular complexity index is 437. The van der Waals surface area contributed by atoms with Gasteiger partial charge >= 0.3 is 0 Å². The summed E-state index contributed by atoms with van der Waals surface area (Å²) in [4.78, 5) is 0. The number of hydrogen-bond donors (Lipinski definition) is 1. The first-order valence-electron chi connectivity index (χ1n) is 7.55. The van der Waals surface area contributed by atoms with E-state index in [0.717, 1.165) is 24.3 Å². The molecule has 0 bridgehead atoms. The third-order valence-corrected chi connectivity index (χ3v) is 4.52. The maximum Gasteiger partial charge on any atom is 0.160 e. The summed E-state index contributed by atoms with van der Waals surface area (Å²) in [5.74, 6) is 2.34. The van der Waals surface area contributed by atoms with Gasteiger partial charge in [0.05, 0.1) is 19.0 Å². The van der Waals surface area contributed by atoms with Crippen LogP contribution in [0.1, 0.15) is 57.2 Å². The molecule has 1 N–H and O–H groups in total. The lowest BCUT2D eigenvalue weighted by Crippen LogP contribution is -2.36. The fraction of sp³-hybridized carbons (Fsp3) is 0.800. The molecule has 106 valence electrons. The van der Waals surface area contributed by atoms with Crippen molar-refractivity contribution >= 4 is 0 Å².